The van der Waals surface area contributed by atoms with E-state index in [0.717, 1.165) is 47.3 Å². The zero-order chi connectivity index (χ0) is 20.5. The largest absolute Gasteiger partial charge is 0.496 e. The van der Waals surface area contributed by atoms with E-state index in [1.807, 2.05) is 30.3 Å². The monoisotopic (exact) mass is 395 g/mol. The van der Waals surface area contributed by atoms with Crippen molar-refractivity contribution in [1.82, 2.24) is 9.97 Å². The average Bonchev–Trinajstić information content (AvgIpc) is 3.17. The predicted octanol–water partition coefficient (Wildman–Crippen LogP) is 5.83. The number of nitrogens with one attached hydrogen (secondary N) is 1. The van der Waals surface area contributed by atoms with Gasteiger partial charge in [0, 0.05) is 22.2 Å². The minimum Gasteiger partial charge on any atom is -0.496 e. The quantitative estimate of drug-likeness (QED) is 0.356. The molecule has 4 heteroatoms. The number of benzene rings is 3. The number of H-pyrrole nitrogens is 1. The molecule has 2 heterocycles. The van der Waals surface area contributed by atoms with Crippen LogP contribution in [0.25, 0.3) is 44.0 Å². The molecule has 30 heavy (non-hydrogen) atoms. The standard InChI is InChI=1S/C26H25N3O/c1-30-24-16-23(28-22-12-5-4-11-21(22)24)26-19(10-6-7-15-27)20-14-13-17-8-2-3-9-18(17)25(20)29-26/h2-5,8-9,11-14,16,29H,6-7,10,15,27H2,1H3. The van der Waals surface area contributed by atoms with E-state index in [9.17, 15) is 0 Å². The van der Waals surface area contributed by atoms with Crippen LogP contribution in [0.2, 0.25) is 0 Å². The van der Waals surface area contributed by atoms with E-state index in [-0.39, 0.29) is 0 Å². The Balaban J connectivity index is 1.78. The zero-order valence-corrected chi connectivity index (χ0v) is 17.1. The summed E-state index contributed by atoms with van der Waals surface area (Å²) in [5.74, 6) is 0.840. The molecule has 0 aliphatic carbocycles. The van der Waals surface area contributed by atoms with Crippen LogP contribution in [0.3, 0.4) is 0 Å². The molecule has 0 saturated carbocycles. The Morgan fingerprint density at radius 2 is 1.70 bits per heavy atom. The fraction of sp³-hybridized carbons (Fsp3) is 0.192. The number of aromatic nitrogens is 2. The highest BCUT2D eigenvalue weighted by Gasteiger charge is 2.17. The molecule has 0 fully saturated rings. The van der Waals surface area contributed by atoms with Gasteiger partial charge in [-0.15, -0.1) is 0 Å². The number of aromatic amines is 1. The summed E-state index contributed by atoms with van der Waals surface area (Å²) in [4.78, 5) is 8.70. The number of ether oxygens (including phenoxy) is 1. The Kier molecular flexibility index (Phi) is 4.85. The second-order valence-electron chi connectivity index (χ2n) is 7.66. The van der Waals surface area contributed by atoms with Gasteiger partial charge < -0.3 is 15.5 Å². The van der Waals surface area contributed by atoms with Crippen LogP contribution in [0.1, 0.15) is 18.4 Å². The number of para-hydroxylation sites is 1. The normalized spacial score (nSPS) is 11.5. The molecular formula is C26H25N3O. The van der Waals surface area contributed by atoms with Crippen molar-refractivity contribution in [3.63, 3.8) is 0 Å². The maximum absolute atomic E-state index is 5.77. The molecule has 3 aromatic carbocycles. The van der Waals surface area contributed by atoms with Gasteiger partial charge in [-0.3, -0.25) is 0 Å². The third-order valence-electron chi connectivity index (χ3n) is 5.84. The molecule has 2 aromatic heterocycles. The van der Waals surface area contributed by atoms with E-state index in [1.165, 1.54) is 27.2 Å². The number of nitrogens with two attached hydrogens (primary N) is 1. The van der Waals surface area contributed by atoms with Crippen molar-refractivity contribution >= 4 is 32.6 Å². The predicted molar refractivity (Wildman–Crippen MR) is 125 cm³/mol. The third kappa shape index (κ3) is 3.10. The van der Waals surface area contributed by atoms with Crippen LogP contribution in [0, 0.1) is 0 Å². The van der Waals surface area contributed by atoms with Gasteiger partial charge in [-0.2, -0.15) is 0 Å². The summed E-state index contributed by atoms with van der Waals surface area (Å²) in [6, 6.07) is 23.1. The van der Waals surface area contributed by atoms with Crippen molar-refractivity contribution in [1.29, 1.82) is 0 Å². The number of rotatable bonds is 6. The van der Waals surface area contributed by atoms with E-state index in [1.54, 1.807) is 7.11 Å². The van der Waals surface area contributed by atoms with Crippen molar-refractivity contribution in [2.24, 2.45) is 5.73 Å². The summed E-state index contributed by atoms with van der Waals surface area (Å²) < 4.78 is 5.70. The molecule has 0 amide bonds. The first-order chi connectivity index (χ1) is 14.8. The Labute approximate surface area is 175 Å². The van der Waals surface area contributed by atoms with Crippen LogP contribution in [0.15, 0.2) is 66.7 Å². The number of hydrogen-bond donors (Lipinski definition) is 2. The maximum atomic E-state index is 5.77. The molecule has 0 aliphatic rings. The minimum atomic E-state index is 0.711. The lowest BCUT2D eigenvalue weighted by atomic mass is 10.00. The van der Waals surface area contributed by atoms with E-state index in [0.29, 0.717) is 6.54 Å². The lowest BCUT2D eigenvalue weighted by Crippen LogP contribution is -1.99. The van der Waals surface area contributed by atoms with Crippen molar-refractivity contribution in [2.45, 2.75) is 19.3 Å². The summed E-state index contributed by atoms with van der Waals surface area (Å²) in [5, 5.41) is 4.74. The van der Waals surface area contributed by atoms with Crippen molar-refractivity contribution in [3.05, 3.63) is 72.3 Å². The second kappa shape index (κ2) is 7.81. The lowest BCUT2D eigenvalue weighted by molar-refractivity contribution is 0.419. The van der Waals surface area contributed by atoms with Gasteiger partial charge in [-0.05, 0) is 48.9 Å². The first kappa shape index (κ1) is 18.6. The third-order valence-corrected chi connectivity index (χ3v) is 5.84. The molecule has 0 bridgehead atoms. The average molecular weight is 396 g/mol. The van der Waals surface area contributed by atoms with Crippen molar-refractivity contribution < 1.29 is 4.74 Å². The molecule has 0 radical (unpaired) electrons. The van der Waals surface area contributed by atoms with Gasteiger partial charge >= 0.3 is 0 Å². The summed E-state index contributed by atoms with van der Waals surface area (Å²) in [6.07, 6.45) is 3.02. The van der Waals surface area contributed by atoms with Gasteiger partial charge in [0.15, 0.2) is 0 Å². The molecular weight excluding hydrogens is 370 g/mol. The van der Waals surface area contributed by atoms with Gasteiger partial charge in [-0.1, -0.05) is 48.5 Å². The highest BCUT2D eigenvalue weighted by Crippen LogP contribution is 2.37. The highest BCUT2D eigenvalue weighted by atomic mass is 16.5. The Morgan fingerprint density at radius 1 is 0.900 bits per heavy atom. The Bertz CT molecular complexity index is 1350. The molecule has 0 saturated heterocycles. The number of unbranched alkanes of at least 4 members (excludes halogenated alkanes) is 1. The fourth-order valence-electron chi connectivity index (χ4n) is 4.36. The SMILES string of the molecule is COc1cc(-c2[nH]c3c(ccc4ccccc43)c2CCCCN)nc2ccccc12. The van der Waals surface area contributed by atoms with Crippen LogP contribution >= 0.6 is 0 Å². The van der Waals surface area contributed by atoms with E-state index >= 15 is 0 Å². The summed E-state index contributed by atoms with van der Waals surface area (Å²) in [5.41, 5.74) is 11.2. The van der Waals surface area contributed by atoms with E-state index < -0.39 is 0 Å². The molecule has 0 atom stereocenters. The molecule has 5 rings (SSSR count). The summed E-state index contributed by atoms with van der Waals surface area (Å²) in [7, 11) is 1.71. The molecule has 5 aromatic rings. The summed E-state index contributed by atoms with van der Waals surface area (Å²) >= 11 is 0. The number of fused-ring (bicyclic) bond motifs is 4. The zero-order valence-electron chi connectivity index (χ0n) is 17.1. The lowest BCUT2D eigenvalue weighted by Gasteiger charge is -2.10. The molecule has 0 spiro atoms. The van der Waals surface area contributed by atoms with Crippen LogP contribution in [-0.4, -0.2) is 23.6 Å². The number of nitrogens with zero attached hydrogens (tertiary/aromatic N) is 1. The minimum absolute atomic E-state index is 0.711. The maximum Gasteiger partial charge on any atom is 0.130 e. The second-order valence-corrected chi connectivity index (χ2v) is 7.66. The van der Waals surface area contributed by atoms with E-state index in [4.69, 9.17) is 15.5 Å². The number of pyridine rings is 1. The number of aryl methyl sites for hydroxylation is 1. The molecule has 0 aliphatic heterocycles. The topological polar surface area (TPSA) is 63.9 Å². The van der Waals surface area contributed by atoms with Crippen LogP contribution in [0.5, 0.6) is 5.75 Å². The highest BCUT2D eigenvalue weighted by molar-refractivity contribution is 6.09. The molecule has 3 N–H and O–H groups in total. The van der Waals surface area contributed by atoms with Crippen molar-refractivity contribution in [2.75, 3.05) is 13.7 Å². The number of hydrogen-bond acceptors (Lipinski definition) is 3. The first-order valence-corrected chi connectivity index (χ1v) is 10.5. The molecule has 0 unspecified atom stereocenters. The van der Waals surface area contributed by atoms with Crippen LogP contribution in [-0.2, 0) is 6.42 Å². The van der Waals surface area contributed by atoms with Crippen molar-refractivity contribution in [3.8, 4) is 17.1 Å². The first-order valence-electron chi connectivity index (χ1n) is 10.5. The van der Waals surface area contributed by atoms with Gasteiger partial charge in [0.05, 0.1) is 29.5 Å². The van der Waals surface area contributed by atoms with Crippen LogP contribution < -0.4 is 10.5 Å². The fourth-order valence-corrected chi connectivity index (χ4v) is 4.36. The smallest absolute Gasteiger partial charge is 0.130 e. The van der Waals surface area contributed by atoms with Crippen LogP contribution in [0.4, 0.5) is 0 Å². The summed E-state index contributed by atoms with van der Waals surface area (Å²) in [6.45, 7) is 0.711. The van der Waals surface area contributed by atoms with Gasteiger partial charge in [0.2, 0.25) is 0 Å². The van der Waals surface area contributed by atoms with Gasteiger partial charge in [0.1, 0.15) is 5.75 Å². The molecule has 4 nitrogen and oxygen atoms in total. The number of methoxy groups -OCH3 is 1. The van der Waals surface area contributed by atoms with Gasteiger partial charge in [-0.25, -0.2) is 4.98 Å². The molecule has 150 valence electrons. The Hall–Kier alpha value is -3.37. The Morgan fingerprint density at radius 3 is 2.53 bits per heavy atom. The van der Waals surface area contributed by atoms with Gasteiger partial charge in [0.25, 0.3) is 0 Å². The van der Waals surface area contributed by atoms with E-state index in [2.05, 4.69) is 41.4 Å².